The van der Waals surface area contributed by atoms with Crippen LogP contribution in [0.4, 0.5) is 0 Å². The van der Waals surface area contributed by atoms with Gasteiger partial charge in [-0.2, -0.15) is 0 Å². The molecule has 5 atom stereocenters. The summed E-state index contributed by atoms with van der Waals surface area (Å²) in [4.78, 5) is 41.2. The number of allylic oxidation sites excluding steroid dienone is 2. The van der Waals surface area contributed by atoms with Gasteiger partial charge in [-0.15, -0.1) is 0 Å². The summed E-state index contributed by atoms with van der Waals surface area (Å²) in [7, 11) is -0.761. The first kappa shape index (κ1) is 33.1. The minimum absolute atomic E-state index is 0.214. The highest BCUT2D eigenvalue weighted by molar-refractivity contribution is 14.1. The third-order valence-corrected chi connectivity index (χ3v) is 13.5. The summed E-state index contributed by atoms with van der Waals surface area (Å²) in [6, 6.07) is 1.36. The van der Waals surface area contributed by atoms with Crippen molar-refractivity contribution in [2.45, 2.75) is 115 Å². The average Bonchev–Trinajstić information content (AvgIpc) is 2.94. The summed E-state index contributed by atoms with van der Waals surface area (Å²) in [6.07, 6.45) is 6.98. The number of aliphatic carboxylic acids is 1. The Kier molecular flexibility index (Phi) is 13.1. The van der Waals surface area contributed by atoms with E-state index < -0.39 is 37.8 Å². The Hall–Kier alpha value is -1.08. The highest BCUT2D eigenvalue weighted by Gasteiger charge is 2.57. The number of hydrogen-bond acceptors (Lipinski definition) is 6. The number of hydrogen-bond donors (Lipinski definition) is 1. The minimum atomic E-state index is -2.42. The Morgan fingerprint density at radius 1 is 1.16 bits per heavy atom. The number of Topliss-reactive ketones (excluding diaryl/α,β-unsaturated/α-hetero) is 1. The van der Waals surface area contributed by atoms with E-state index in [-0.39, 0.29) is 24.7 Å². The average molecular weight is 664 g/mol. The van der Waals surface area contributed by atoms with Crippen molar-refractivity contribution in [1.82, 2.24) is 4.90 Å². The van der Waals surface area contributed by atoms with E-state index in [0.29, 0.717) is 38.5 Å². The largest absolute Gasteiger partial charge is 0.480 e. The summed E-state index contributed by atoms with van der Waals surface area (Å²) in [5.74, 6) is -4.72. The first-order valence-electron chi connectivity index (χ1n) is 14.0. The maximum Gasteiger partial charge on any atom is 0.326 e. The minimum Gasteiger partial charge on any atom is -0.480 e. The van der Waals surface area contributed by atoms with Crippen LogP contribution in [-0.2, 0) is 28.3 Å². The molecule has 8 nitrogen and oxygen atoms in total. The van der Waals surface area contributed by atoms with Crippen LogP contribution in [-0.4, -0.2) is 73.7 Å². The smallest absolute Gasteiger partial charge is 0.326 e. The van der Waals surface area contributed by atoms with Crippen LogP contribution in [0.25, 0.3) is 0 Å². The maximum absolute atomic E-state index is 14.2. The van der Waals surface area contributed by atoms with Gasteiger partial charge in [0.25, 0.3) is 11.7 Å². The quantitative estimate of drug-likeness (QED) is 0.114. The first-order valence-corrected chi connectivity index (χ1v) is 17.7. The van der Waals surface area contributed by atoms with Crippen molar-refractivity contribution in [1.29, 1.82) is 0 Å². The van der Waals surface area contributed by atoms with Crippen molar-refractivity contribution < 1.29 is 33.4 Å². The lowest BCUT2D eigenvalue weighted by molar-refractivity contribution is -0.257. The number of carboxylic acids is 1. The highest BCUT2D eigenvalue weighted by atomic mass is 127. The Labute approximate surface area is 242 Å². The predicted octanol–water partition coefficient (Wildman–Crippen LogP) is 5.85. The summed E-state index contributed by atoms with van der Waals surface area (Å²) in [5.41, 5.74) is 1.04. The fourth-order valence-electron chi connectivity index (χ4n) is 5.66. The molecule has 1 amide bonds. The number of piperidine rings is 1. The molecule has 0 radical (unpaired) electrons. The number of carbonyl (C=O) groups excluding carboxylic acids is 2. The lowest BCUT2D eigenvalue weighted by atomic mass is 9.85. The Morgan fingerprint density at radius 3 is 2.37 bits per heavy atom. The molecule has 2 aliphatic rings. The van der Waals surface area contributed by atoms with Gasteiger partial charge in [0.05, 0.1) is 12.2 Å². The number of halogens is 1. The van der Waals surface area contributed by atoms with Crippen LogP contribution >= 0.6 is 22.6 Å². The van der Waals surface area contributed by atoms with Gasteiger partial charge in [0, 0.05) is 26.0 Å². The Balaban J connectivity index is 2.50. The molecule has 2 saturated heterocycles. The molecular weight excluding hydrogens is 617 g/mol. The van der Waals surface area contributed by atoms with Gasteiger partial charge >= 0.3 is 5.97 Å². The maximum atomic E-state index is 14.2. The number of likely N-dealkylation sites (tertiary alicyclic amines) is 1. The van der Waals surface area contributed by atoms with E-state index in [4.69, 9.17) is 13.9 Å². The van der Waals surface area contributed by atoms with Crippen LogP contribution in [0.15, 0.2) is 21.8 Å². The van der Waals surface area contributed by atoms with Crippen molar-refractivity contribution in [2.24, 2.45) is 5.92 Å². The van der Waals surface area contributed by atoms with Gasteiger partial charge in [0.1, 0.15) is 6.04 Å². The molecule has 0 spiro atoms. The zero-order valence-corrected chi connectivity index (χ0v) is 27.0. The molecule has 0 aliphatic carbocycles. The van der Waals surface area contributed by atoms with Crippen LogP contribution in [0.3, 0.4) is 0 Å². The van der Waals surface area contributed by atoms with Gasteiger partial charge in [0.2, 0.25) is 5.79 Å². The van der Waals surface area contributed by atoms with E-state index in [1.807, 2.05) is 30.1 Å². The molecule has 0 aromatic rings. The third-order valence-electron chi connectivity index (χ3n) is 8.47. The van der Waals surface area contributed by atoms with Gasteiger partial charge in [-0.3, -0.25) is 9.59 Å². The van der Waals surface area contributed by atoms with Crippen molar-refractivity contribution in [3.05, 3.63) is 21.8 Å². The molecule has 2 heterocycles. The standard InChI is InChI=1S/C28H46INO7Si/c1-7-38(8-2,9-3)37-28(25(31)26(32)30-18-11-10-14-23(30)27(33)34)21(5)15-16-22(36-28)19-24(35-6)20(4)13-12-17-29/h12-13,17,21-24H,7-11,14-16,18-19H2,1-6H3,(H,33,34)/b17-12+,20-13+/t21-,22+,23+,24+,28+/m1/s1. The van der Waals surface area contributed by atoms with Gasteiger partial charge in [-0.1, -0.05) is 62.4 Å². The van der Waals surface area contributed by atoms with E-state index in [1.165, 1.54) is 4.90 Å². The fourth-order valence-corrected chi connectivity index (χ4v) is 8.79. The van der Waals surface area contributed by atoms with Crippen LogP contribution in [0.1, 0.15) is 73.1 Å². The zero-order valence-electron chi connectivity index (χ0n) is 23.8. The molecule has 2 fully saturated rings. The fraction of sp³-hybridized carbons (Fsp3) is 0.750. The topological polar surface area (TPSA) is 102 Å². The highest BCUT2D eigenvalue weighted by Crippen LogP contribution is 2.42. The van der Waals surface area contributed by atoms with E-state index in [1.54, 1.807) is 7.11 Å². The van der Waals surface area contributed by atoms with Crippen molar-refractivity contribution in [3.8, 4) is 0 Å². The zero-order chi connectivity index (χ0) is 28.5. The molecular formula is C28H46INO7Si. The molecule has 0 saturated carbocycles. The molecule has 0 aromatic carbocycles. The van der Waals surface area contributed by atoms with Gasteiger partial charge < -0.3 is 23.9 Å². The van der Waals surface area contributed by atoms with E-state index in [0.717, 1.165) is 23.7 Å². The van der Waals surface area contributed by atoms with Gasteiger partial charge in [-0.05, 0) is 66.8 Å². The molecule has 1 N–H and O–H groups in total. The molecule has 38 heavy (non-hydrogen) atoms. The van der Waals surface area contributed by atoms with Gasteiger partial charge in [0.15, 0.2) is 8.32 Å². The molecule has 10 heteroatoms. The second-order valence-corrected chi connectivity index (χ2v) is 16.0. The number of nitrogens with zero attached hydrogens (tertiary/aromatic N) is 1. The molecule has 2 aliphatic heterocycles. The van der Waals surface area contributed by atoms with Gasteiger partial charge in [-0.25, -0.2) is 4.79 Å². The molecule has 0 unspecified atom stereocenters. The molecule has 0 bridgehead atoms. The van der Waals surface area contributed by atoms with E-state index >= 15 is 0 Å². The number of carboxylic acid groups (broad SMARTS) is 1. The van der Waals surface area contributed by atoms with Crippen LogP contribution < -0.4 is 0 Å². The van der Waals surface area contributed by atoms with E-state index in [2.05, 4.69) is 43.4 Å². The monoisotopic (exact) mass is 663 g/mol. The molecule has 0 aromatic heterocycles. The number of methoxy groups -OCH3 is 1. The number of ether oxygens (including phenoxy) is 2. The first-order chi connectivity index (χ1) is 18.0. The number of carbonyl (C=O) groups is 3. The van der Waals surface area contributed by atoms with Crippen molar-refractivity contribution in [3.63, 3.8) is 0 Å². The summed E-state index contributed by atoms with van der Waals surface area (Å²) >= 11 is 2.16. The third kappa shape index (κ3) is 7.55. The number of amides is 1. The SMILES string of the molecule is CC[Si](CC)(CC)O[C@@]1(C(=O)C(=O)N2CCCC[C@H]2C(=O)O)O[C@H](C[C@H](OC)/C(C)=C/C=C/I)CC[C@H]1C. The Bertz CT molecular complexity index is 882. The second kappa shape index (κ2) is 15.1. The van der Waals surface area contributed by atoms with Crippen molar-refractivity contribution in [2.75, 3.05) is 13.7 Å². The summed E-state index contributed by atoms with van der Waals surface area (Å²) in [6.45, 7) is 10.4. The number of ketones is 1. The number of rotatable bonds is 13. The lowest BCUT2D eigenvalue weighted by Crippen LogP contribution is -2.65. The van der Waals surface area contributed by atoms with Crippen LogP contribution in [0, 0.1) is 5.92 Å². The Morgan fingerprint density at radius 2 is 1.82 bits per heavy atom. The summed E-state index contributed by atoms with van der Waals surface area (Å²) in [5, 5.41) is 9.76. The molecule has 216 valence electrons. The van der Waals surface area contributed by atoms with E-state index in [9.17, 15) is 19.5 Å². The summed E-state index contributed by atoms with van der Waals surface area (Å²) < 4.78 is 21.2. The second-order valence-electron chi connectivity index (χ2n) is 10.6. The molecule has 2 rings (SSSR count). The van der Waals surface area contributed by atoms with Crippen molar-refractivity contribution >= 4 is 48.6 Å². The normalized spacial score (nSPS) is 27.9. The van der Waals surface area contributed by atoms with Crippen LogP contribution in [0.2, 0.25) is 18.1 Å². The lowest BCUT2D eigenvalue weighted by Gasteiger charge is -2.49. The van der Waals surface area contributed by atoms with Crippen LogP contribution in [0.5, 0.6) is 0 Å². The predicted molar refractivity (Wildman–Crippen MR) is 159 cm³/mol.